The number of ether oxygens (including phenoxy) is 3. The van der Waals surface area contributed by atoms with Gasteiger partial charge in [0.25, 0.3) is 0 Å². The van der Waals surface area contributed by atoms with Crippen molar-refractivity contribution in [1.82, 2.24) is 15.3 Å². The zero-order chi connectivity index (χ0) is 21.8. The molecule has 2 aliphatic heterocycles. The first-order chi connectivity index (χ1) is 15.8. The maximum Gasteiger partial charge on any atom is 0.225 e. The lowest BCUT2D eigenvalue weighted by Gasteiger charge is -2.31. The lowest BCUT2D eigenvalue weighted by atomic mass is 9.87. The van der Waals surface area contributed by atoms with Crippen molar-refractivity contribution >= 4 is 22.6 Å². The molecular formula is C24H32N4O4. The van der Waals surface area contributed by atoms with Crippen LogP contribution in [0.15, 0.2) is 24.5 Å². The number of amides is 1. The Labute approximate surface area is 188 Å². The molecule has 1 aliphatic carbocycles. The number of fused-ring (bicyclic) bond motifs is 1. The number of morpholine rings is 1. The summed E-state index contributed by atoms with van der Waals surface area (Å²) in [5.41, 5.74) is 2.79. The Kier molecular flexibility index (Phi) is 6.69. The summed E-state index contributed by atoms with van der Waals surface area (Å²) in [5, 5.41) is 3.13. The molecule has 1 N–H and O–H groups in total. The van der Waals surface area contributed by atoms with Crippen LogP contribution in [0.4, 0.5) is 5.69 Å². The monoisotopic (exact) mass is 440 g/mol. The first kappa shape index (κ1) is 21.4. The van der Waals surface area contributed by atoms with Crippen LogP contribution in [0.1, 0.15) is 32.1 Å². The highest BCUT2D eigenvalue weighted by Crippen LogP contribution is 2.33. The molecule has 0 spiro atoms. The minimum absolute atomic E-state index is 0.0304. The van der Waals surface area contributed by atoms with Crippen LogP contribution in [-0.2, 0) is 14.3 Å². The topological polar surface area (TPSA) is 85.8 Å². The summed E-state index contributed by atoms with van der Waals surface area (Å²) in [7, 11) is 0. The Bertz CT molecular complexity index is 919. The van der Waals surface area contributed by atoms with Crippen molar-refractivity contribution in [2.45, 2.75) is 38.2 Å². The molecule has 0 bridgehead atoms. The smallest absolute Gasteiger partial charge is 0.225 e. The fourth-order valence-corrected chi connectivity index (χ4v) is 4.89. The minimum atomic E-state index is 0.0304. The number of carbonyl (C=O) groups excluding carboxylic acids is 1. The molecule has 32 heavy (non-hydrogen) atoms. The summed E-state index contributed by atoms with van der Waals surface area (Å²) in [6.45, 7) is 5.23. The molecule has 1 atom stereocenters. The van der Waals surface area contributed by atoms with E-state index in [4.69, 9.17) is 14.2 Å². The summed E-state index contributed by atoms with van der Waals surface area (Å²) in [6, 6.07) is 4.20. The van der Waals surface area contributed by atoms with E-state index in [0.717, 1.165) is 87.4 Å². The molecule has 1 aromatic carbocycles. The number of nitrogens with one attached hydrogen (secondary N) is 1. The predicted molar refractivity (Wildman–Crippen MR) is 121 cm³/mol. The lowest BCUT2D eigenvalue weighted by Crippen LogP contribution is -2.37. The van der Waals surface area contributed by atoms with Gasteiger partial charge in [-0.05, 0) is 44.1 Å². The van der Waals surface area contributed by atoms with E-state index in [1.165, 1.54) is 0 Å². The molecule has 8 nitrogen and oxygen atoms in total. The molecule has 2 saturated heterocycles. The van der Waals surface area contributed by atoms with E-state index < -0.39 is 0 Å². The van der Waals surface area contributed by atoms with E-state index >= 15 is 0 Å². The van der Waals surface area contributed by atoms with Gasteiger partial charge in [-0.1, -0.05) is 0 Å². The van der Waals surface area contributed by atoms with Crippen LogP contribution in [-0.4, -0.2) is 68.0 Å². The Balaban J connectivity index is 1.20. The zero-order valence-corrected chi connectivity index (χ0v) is 18.5. The van der Waals surface area contributed by atoms with E-state index in [1.54, 1.807) is 12.4 Å². The first-order valence-corrected chi connectivity index (χ1v) is 11.9. The average molecular weight is 441 g/mol. The van der Waals surface area contributed by atoms with E-state index in [0.29, 0.717) is 19.1 Å². The molecule has 1 unspecified atom stereocenters. The Morgan fingerprint density at radius 2 is 1.84 bits per heavy atom. The maximum atomic E-state index is 12.2. The number of hydrogen-bond donors (Lipinski definition) is 1. The second-order valence-corrected chi connectivity index (χ2v) is 9.03. The number of rotatable bonds is 6. The zero-order valence-electron chi connectivity index (χ0n) is 18.5. The standard InChI is InChI=1S/C24H32N4O4/c29-24(18-5-10-31-16-18)27-15-17-1-3-20(4-2-17)32-22-14-19(28-8-11-30-12-9-28)13-21-23(22)26-7-6-25-21/h6-7,13-14,17-18,20H,1-5,8-12,15-16H2,(H,27,29). The van der Waals surface area contributed by atoms with Gasteiger partial charge in [-0.15, -0.1) is 0 Å². The number of nitrogens with zero attached hydrogens (tertiary/aromatic N) is 3. The van der Waals surface area contributed by atoms with E-state index in [2.05, 4.69) is 32.3 Å². The fourth-order valence-electron chi connectivity index (χ4n) is 4.89. The molecule has 1 aromatic heterocycles. The van der Waals surface area contributed by atoms with Gasteiger partial charge in [0.05, 0.1) is 37.4 Å². The van der Waals surface area contributed by atoms with Gasteiger partial charge >= 0.3 is 0 Å². The van der Waals surface area contributed by atoms with Gasteiger partial charge in [0.15, 0.2) is 0 Å². The molecule has 3 fully saturated rings. The third-order valence-corrected chi connectivity index (χ3v) is 6.85. The molecular weight excluding hydrogens is 408 g/mol. The third-order valence-electron chi connectivity index (χ3n) is 6.85. The summed E-state index contributed by atoms with van der Waals surface area (Å²) < 4.78 is 17.3. The van der Waals surface area contributed by atoms with Crippen molar-refractivity contribution in [3.8, 4) is 5.75 Å². The minimum Gasteiger partial charge on any atom is -0.488 e. The predicted octanol–water partition coefficient (Wildman–Crippen LogP) is 2.56. The van der Waals surface area contributed by atoms with Crippen molar-refractivity contribution in [3.63, 3.8) is 0 Å². The van der Waals surface area contributed by atoms with Crippen molar-refractivity contribution in [2.75, 3.05) is 51.0 Å². The van der Waals surface area contributed by atoms with Crippen LogP contribution in [0.2, 0.25) is 0 Å². The molecule has 172 valence electrons. The van der Waals surface area contributed by atoms with Crippen LogP contribution in [0.3, 0.4) is 0 Å². The number of benzene rings is 1. The molecule has 1 amide bonds. The number of anilines is 1. The highest BCUT2D eigenvalue weighted by Gasteiger charge is 2.27. The van der Waals surface area contributed by atoms with Gasteiger partial charge in [0.2, 0.25) is 5.91 Å². The van der Waals surface area contributed by atoms with Gasteiger partial charge in [-0.3, -0.25) is 9.78 Å². The second kappa shape index (κ2) is 10.0. The third kappa shape index (κ3) is 4.96. The number of hydrogen-bond acceptors (Lipinski definition) is 7. The van der Waals surface area contributed by atoms with Crippen LogP contribution in [0.25, 0.3) is 11.0 Å². The molecule has 5 rings (SSSR count). The molecule has 1 saturated carbocycles. The van der Waals surface area contributed by atoms with Crippen molar-refractivity contribution in [1.29, 1.82) is 0 Å². The maximum absolute atomic E-state index is 12.2. The van der Waals surface area contributed by atoms with Gasteiger partial charge in [0.1, 0.15) is 11.3 Å². The molecule has 3 heterocycles. The van der Waals surface area contributed by atoms with Crippen molar-refractivity contribution < 1.29 is 19.0 Å². The van der Waals surface area contributed by atoms with E-state index in [9.17, 15) is 4.79 Å². The van der Waals surface area contributed by atoms with Crippen LogP contribution in [0.5, 0.6) is 5.75 Å². The average Bonchev–Trinajstić information content (AvgIpc) is 3.39. The van der Waals surface area contributed by atoms with Crippen molar-refractivity contribution in [2.24, 2.45) is 11.8 Å². The molecule has 0 radical (unpaired) electrons. The Morgan fingerprint density at radius 3 is 2.62 bits per heavy atom. The Morgan fingerprint density at radius 1 is 1.03 bits per heavy atom. The summed E-state index contributed by atoms with van der Waals surface area (Å²) in [6.07, 6.45) is 8.53. The number of aromatic nitrogens is 2. The first-order valence-electron chi connectivity index (χ1n) is 11.9. The van der Waals surface area contributed by atoms with Crippen LogP contribution < -0.4 is 15.0 Å². The largest absolute Gasteiger partial charge is 0.488 e. The fraction of sp³-hybridized carbons (Fsp3) is 0.625. The number of carbonyl (C=O) groups is 1. The lowest BCUT2D eigenvalue weighted by molar-refractivity contribution is -0.125. The van der Waals surface area contributed by atoms with Gasteiger partial charge in [-0.25, -0.2) is 4.98 Å². The SMILES string of the molecule is O=C(NCC1CCC(Oc2cc(N3CCOCC3)cc3nccnc23)CC1)C1CCOC1. The van der Waals surface area contributed by atoms with E-state index in [-0.39, 0.29) is 17.9 Å². The van der Waals surface area contributed by atoms with E-state index in [1.807, 2.05) is 0 Å². The summed E-state index contributed by atoms with van der Waals surface area (Å²) in [4.78, 5) is 23.6. The van der Waals surface area contributed by atoms with Gasteiger partial charge in [-0.2, -0.15) is 0 Å². The molecule has 2 aromatic rings. The van der Waals surface area contributed by atoms with Gasteiger partial charge in [0, 0.05) is 50.4 Å². The van der Waals surface area contributed by atoms with Crippen LogP contribution >= 0.6 is 0 Å². The highest BCUT2D eigenvalue weighted by molar-refractivity contribution is 5.85. The molecule has 8 heteroatoms. The molecule has 3 aliphatic rings. The Hall–Kier alpha value is -2.45. The normalized spacial score (nSPS) is 26.2. The van der Waals surface area contributed by atoms with Crippen LogP contribution in [0, 0.1) is 11.8 Å². The summed E-state index contributed by atoms with van der Waals surface area (Å²) in [5.74, 6) is 1.50. The summed E-state index contributed by atoms with van der Waals surface area (Å²) >= 11 is 0. The quantitative estimate of drug-likeness (QED) is 0.739. The second-order valence-electron chi connectivity index (χ2n) is 9.03. The highest BCUT2D eigenvalue weighted by atomic mass is 16.5. The van der Waals surface area contributed by atoms with Gasteiger partial charge < -0.3 is 24.4 Å². The van der Waals surface area contributed by atoms with Crippen molar-refractivity contribution in [3.05, 3.63) is 24.5 Å².